The second-order valence-corrected chi connectivity index (χ2v) is 6.97. The summed E-state index contributed by atoms with van der Waals surface area (Å²) in [4.78, 5) is 25.2. The van der Waals surface area contributed by atoms with E-state index in [0.29, 0.717) is 28.9 Å². The molecule has 1 atom stereocenters. The topological polar surface area (TPSA) is 76.0 Å². The summed E-state index contributed by atoms with van der Waals surface area (Å²) in [6.07, 6.45) is 1.99. The van der Waals surface area contributed by atoms with Crippen molar-refractivity contribution in [1.82, 2.24) is 9.78 Å². The molecule has 0 fully saturated rings. The zero-order valence-corrected chi connectivity index (χ0v) is 16.9. The van der Waals surface area contributed by atoms with Gasteiger partial charge in [-0.3, -0.25) is 14.3 Å². The number of aryl methyl sites for hydroxylation is 2. The number of halogens is 2. The summed E-state index contributed by atoms with van der Waals surface area (Å²) in [5.41, 5.74) is 2.31. The van der Waals surface area contributed by atoms with Crippen molar-refractivity contribution >= 4 is 23.2 Å². The second-order valence-electron chi connectivity index (χ2n) is 6.97. The van der Waals surface area contributed by atoms with Crippen molar-refractivity contribution in [2.75, 3.05) is 10.6 Å². The molecule has 2 aromatic carbocycles. The van der Waals surface area contributed by atoms with Crippen LogP contribution in [0.4, 0.5) is 20.2 Å². The standard InChI is InChI=1S/C22H22F2N4O2/c1-4-20(22(30)26-18-8-6-16(24)12-14(18)3)28-10-9-19(27-28)21(29)25-17-7-5-15(23)11-13(17)2/h5-12,20H,4H2,1-3H3,(H,25,29)(H,26,30)/t20-/m0/s1. The van der Waals surface area contributed by atoms with Crippen molar-refractivity contribution in [2.45, 2.75) is 33.2 Å². The van der Waals surface area contributed by atoms with Crippen molar-refractivity contribution in [2.24, 2.45) is 0 Å². The Hall–Kier alpha value is -3.55. The van der Waals surface area contributed by atoms with Gasteiger partial charge in [0.05, 0.1) is 0 Å². The van der Waals surface area contributed by atoms with E-state index in [4.69, 9.17) is 0 Å². The number of rotatable bonds is 6. The largest absolute Gasteiger partial charge is 0.324 e. The van der Waals surface area contributed by atoms with Crippen molar-refractivity contribution in [3.63, 3.8) is 0 Å². The summed E-state index contributed by atoms with van der Waals surface area (Å²) in [5.74, 6) is -1.55. The van der Waals surface area contributed by atoms with Gasteiger partial charge in [0.2, 0.25) is 5.91 Å². The molecule has 1 aromatic heterocycles. The van der Waals surface area contributed by atoms with E-state index in [2.05, 4.69) is 15.7 Å². The molecule has 0 aliphatic carbocycles. The molecule has 3 rings (SSSR count). The molecule has 0 bridgehead atoms. The number of hydrogen-bond acceptors (Lipinski definition) is 3. The Morgan fingerprint density at radius 2 is 1.53 bits per heavy atom. The van der Waals surface area contributed by atoms with E-state index in [9.17, 15) is 18.4 Å². The van der Waals surface area contributed by atoms with Gasteiger partial charge in [-0.2, -0.15) is 5.10 Å². The third-order valence-electron chi connectivity index (χ3n) is 4.73. The van der Waals surface area contributed by atoms with Gasteiger partial charge in [0, 0.05) is 17.6 Å². The van der Waals surface area contributed by atoms with E-state index < -0.39 is 11.9 Å². The van der Waals surface area contributed by atoms with E-state index in [0.717, 1.165) is 0 Å². The highest BCUT2D eigenvalue weighted by atomic mass is 19.1. The Labute approximate surface area is 172 Å². The zero-order chi connectivity index (χ0) is 21.8. The number of carbonyl (C=O) groups is 2. The van der Waals surface area contributed by atoms with Gasteiger partial charge >= 0.3 is 0 Å². The van der Waals surface area contributed by atoms with Crippen LogP contribution in [0.2, 0.25) is 0 Å². The molecular formula is C22H22F2N4O2. The molecular weight excluding hydrogens is 390 g/mol. The van der Waals surface area contributed by atoms with Crippen LogP contribution in [0.5, 0.6) is 0 Å². The minimum atomic E-state index is -0.649. The maximum atomic E-state index is 13.3. The molecule has 0 saturated carbocycles. The molecule has 6 nitrogen and oxygen atoms in total. The maximum Gasteiger partial charge on any atom is 0.276 e. The van der Waals surface area contributed by atoms with Crippen molar-refractivity contribution in [1.29, 1.82) is 0 Å². The first kappa shape index (κ1) is 21.2. The summed E-state index contributed by atoms with van der Waals surface area (Å²) < 4.78 is 27.9. The van der Waals surface area contributed by atoms with Gasteiger partial charge in [0.1, 0.15) is 17.7 Å². The van der Waals surface area contributed by atoms with Crippen LogP contribution >= 0.6 is 0 Å². The van der Waals surface area contributed by atoms with Gasteiger partial charge in [-0.05, 0) is 73.9 Å². The van der Waals surface area contributed by atoms with Gasteiger partial charge in [-0.1, -0.05) is 6.92 Å². The number of nitrogens with zero attached hydrogens (tertiary/aromatic N) is 2. The van der Waals surface area contributed by atoms with E-state index in [1.807, 2.05) is 6.92 Å². The second kappa shape index (κ2) is 8.86. The molecule has 8 heteroatoms. The first-order valence-corrected chi connectivity index (χ1v) is 9.48. The fourth-order valence-electron chi connectivity index (χ4n) is 3.06. The zero-order valence-electron chi connectivity index (χ0n) is 16.9. The molecule has 30 heavy (non-hydrogen) atoms. The van der Waals surface area contributed by atoms with Gasteiger partial charge in [-0.25, -0.2) is 8.78 Å². The Bertz CT molecular complexity index is 1090. The highest BCUT2D eigenvalue weighted by molar-refractivity contribution is 6.03. The average molecular weight is 412 g/mol. The van der Waals surface area contributed by atoms with Crippen molar-refractivity contribution < 1.29 is 18.4 Å². The van der Waals surface area contributed by atoms with E-state index in [1.54, 1.807) is 20.0 Å². The lowest BCUT2D eigenvalue weighted by molar-refractivity contribution is -0.119. The first-order valence-electron chi connectivity index (χ1n) is 9.48. The minimum Gasteiger partial charge on any atom is -0.324 e. The van der Waals surface area contributed by atoms with E-state index >= 15 is 0 Å². The van der Waals surface area contributed by atoms with Crippen LogP contribution in [0.15, 0.2) is 48.7 Å². The molecule has 1 heterocycles. The lowest BCUT2D eigenvalue weighted by Crippen LogP contribution is -2.26. The van der Waals surface area contributed by atoms with Crippen LogP contribution in [0, 0.1) is 25.5 Å². The van der Waals surface area contributed by atoms with Crippen molar-refractivity contribution in [3.8, 4) is 0 Å². The highest BCUT2D eigenvalue weighted by Crippen LogP contribution is 2.20. The number of hydrogen-bond donors (Lipinski definition) is 2. The fourth-order valence-corrected chi connectivity index (χ4v) is 3.06. The molecule has 0 spiro atoms. The third kappa shape index (κ3) is 4.71. The third-order valence-corrected chi connectivity index (χ3v) is 4.73. The molecule has 156 valence electrons. The number of carbonyl (C=O) groups excluding carboxylic acids is 2. The lowest BCUT2D eigenvalue weighted by Gasteiger charge is -2.16. The summed E-state index contributed by atoms with van der Waals surface area (Å²) in [6.45, 7) is 5.21. The highest BCUT2D eigenvalue weighted by Gasteiger charge is 2.22. The number of benzene rings is 2. The van der Waals surface area contributed by atoms with Crippen molar-refractivity contribution in [3.05, 3.63) is 77.1 Å². The van der Waals surface area contributed by atoms with Crippen LogP contribution in [0.1, 0.15) is 41.0 Å². The van der Waals surface area contributed by atoms with Gasteiger partial charge < -0.3 is 10.6 Å². The fraction of sp³-hybridized carbons (Fsp3) is 0.227. The molecule has 0 saturated heterocycles. The Balaban J connectivity index is 1.73. The normalized spacial score (nSPS) is 11.8. The van der Waals surface area contributed by atoms with E-state index in [1.165, 1.54) is 47.1 Å². The summed E-state index contributed by atoms with van der Waals surface area (Å²) in [5, 5.41) is 9.70. The van der Waals surface area contributed by atoms with Crippen LogP contribution in [0.3, 0.4) is 0 Å². The number of anilines is 2. The van der Waals surface area contributed by atoms with Crippen LogP contribution in [-0.4, -0.2) is 21.6 Å². The van der Waals surface area contributed by atoms with Gasteiger partial charge in [0.25, 0.3) is 5.91 Å². The smallest absolute Gasteiger partial charge is 0.276 e. The number of amides is 2. The molecule has 0 unspecified atom stereocenters. The summed E-state index contributed by atoms with van der Waals surface area (Å²) >= 11 is 0. The lowest BCUT2D eigenvalue weighted by atomic mass is 10.1. The monoisotopic (exact) mass is 412 g/mol. The van der Waals surface area contributed by atoms with Gasteiger partial charge in [0.15, 0.2) is 5.69 Å². The Morgan fingerprint density at radius 3 is 2.07 bits per heavy atom. The van der Waals surface area contributed by atoms with Crippen LogP contribution in [0.25, 0.3) is 0 Å². The quantitative estimate of drug-likeness (QED) is 0.620. The molecule has 2 N–H and O–H groups in total. The van der Waals surface area contributed by atoms with Crippen LogP contribution in [-0.2, 0) is 4.79 Å². The Morgan fingerprint density at radius 1 is 0.967 bits per heavy atom. The molecule has 0 radical (unpaired) electrons. The maximum absolute atomic E-state index is 13.3. The summed E-state index contributed by atoms with van der Waals surface area (Å²) in [7, 11) is 0. The average Bonchev–Trinajstić information content (AvgIpc) is 3.17. The number of nitrogens with one attached hydrogen (secondary N) is 2. The molecule has 0 aliphatic heterocycles. The first-order chi connectivity index (χ1) is 14.3. The Kier molecular flexibility index (Phi) is 6.25. The van der Waals surface area contributed by atoms with Crippen LogP contribution < -0.4 is 10.6 Å². The van der Waals surface area contributed by atoms with E-state index in [-0.39, 0.29) is 23.2 Å². The minimum absolute atomic E-state index is 0.128. The predicted octanol–water partition coefficient (Wildman–Crippen LogP) is 4.62. The molecule has 2 amide bonds. The summed E-state index contributed by atoms with van der Waals surface area (Å²) in [6, 6.07) is 9.03. The SMILES string of the molecule is CC[C@@H](C(=O)Nc1ccc(F)cc1C)n1ccc(C(=O)Nc2ccc(F)cc2C)n1. The molecule has 0 aliphatic rings. The van der Waals surface area contributed by atoms with Gasteiger partial charge in [-0.15, -0.1) is 0 Å². The molecule has 3 aromatic rings. The predicted molar refractivity (Wildman–Crippen MR) is 110 cm³/mol. The number of aromatic nitrogens is 2.